The van der Waals surface area contributed by atoms with Gasteiger partial charge in [-0.15, -0.1) is 0 Å². The van der Waals surface area contributed by atoms with Gasteiger partial charge in [0, 0.05) is 10.8 Å². The molecule has 0 saturated carbocycles. The average Bonchev–Trinajstić information content (AvgIpc) is 3.53. The smallest absolute Gasteiger partial charge is 0.456 e. The largest absolute Gasteiger partial charge is 0.489 e. The van der Waals surface area contributed by atoms with Gasteiger partial charge in [0.1, 0.15) is 11.2 Å². The summed E-state index contributed by atoms with van der Waals surface area (Å²) in [6, 6.07) is 62.1. The fourth-order valence-corrected chi connectivity index (χ4v) is 12.8. The second-order valence-corrected chi connectivity index (χ2v) is 16.4. The highest BCUT2D eigenvalue weighted by Crippen LogP contribution is 2.36. The monoisotopic (exact) mass is 646 g/mol. The lowest BCUT2D eigenvalue weighted by atomic mass is 9.72. The molecule has 0 aliphatic heterocycles. The predicted molar refractivity (Wildman–Crippen MR) is 208 cm³/mol. The maximum atomic E-state index is 10.6. The topological polar surface area (TPSA) is 53.6 Å². The second kappa shape index (κ2) is 11.8. The number of fused-ring (bicyclic) bond motifs is 5. The highest BCUT2D eigenvalue weighted by atomic mass is 28.3. The normalized spacial score (nSPS) is 11.9. The molecule has 9 aromatic rings. The van der Waals surface area contributed by atoms with E-state index in [1.54, 1.807) is 0 Å². The molecule has 0 amide bonds. The van der Waals surface area contributed by atoms with Gasteiger partial charge in [0.2, 0.25) is 0 Å². The maximum Gasteiger partial charge on any atom is 0.489 e. The molecule has 0 spiro atoms. The summed E-state index contributed by atoms with van der Waals surface area (Å²) in [6.07, 6.45) is 0. The van der Waals surface area contributed by atoms with Gasteiger partial charge in [0.15, 0.2) is 8.07 Å². The van der Waals surface area contributed by atoms with Gasteiger partial charge in [-0.1, -0.05) is 164 Å². The van der Waals surface area contributed by atoms with E-state index in [9.17, 15) is 10.0 Å². The summed E-state index contributed by atoms with van der Waals surface area (Å²) < 4.78 is 6.30. The van der Waals surface area contributed by atoms with Crippen LogP contribution >= 0.6 is 0 Å². The zero-order valence-electron chi connectivity index (χ0n) is 26.6. The number of rotatable bonds is 6. The van der Waals surface area contributed by atoms with Crippen LogP contribution in [0.5, 0.6) is 0 Å². The Bertz CT molecular complexity index is 2550. The van der Waals surface area contributed by atoms with Gasteiger partial charge < -0.3 is 14.5 Å². The SMILES string of the molecule is OB(O)c1c2ccccc2c(-c2cccc([Si](c3ccccc3)(c3ccccc3)c3ccc4oc5ccccc5c4c3)c2)c2ccccc12. The lowest BCUT2D eigenvalue weighted by Crippen LogP contribution is -2.74. The lowest BCUT2D eigenvalue weighted by molar-refractivity contribution is 0.426. The van der Waals surface area contributed by atoms with Crippen LogP contribution in [0, 0.1) is 0 Å². The molecule has 1 aromatic heterocycles. The molecule has 0 saturated heterocycles. The van der Waals surface area contributed by atoms with Gasteiger partial charge in [0.25, 0.3) is 0 Å². The summed E-state index contributed by atoms with van der Waals surface area (Å²) in [4.78, 5) is 0. The van der Waals surface area contributed by atoms with Crippen molar-refractivity contribution in [2.45, 2.75) is 0 Å². The molecule has 232 valence electrons. The Hall–Kier alpha value is -5.72. The second-order valence-electron chi connectivity index (χ2n) is 12.6. The molecule has 0 radical (unpaired) electrons. The third kappa shape index (κ3) is 4.59. The van der Waals surface area contributed by atoms with Gasteiger partial charge in [-0.05, 0) is 71.0 Å². The fourth-order valence-electron chi connectivity index (χ4n) is 7.99. The van der Waals surface area contributed by atoms with Crippen LogP contribution in [0.4, 0.5) is 0 Å². The highest BCUT2D eigenvalue weighted by Gasteiger charge is 2.42. The van der Waals surface area contributed by atoms with Crippen LogP contribution in [0.15, 0.2) is 180 Å². The first-order chi connectivity index (χ1) is 24.1. The number of benzene rings is 8. The maximum absolute atomic E-state index is 10.6. The molecule has 49 heavy (non-hydrogen) atoms. The van der Waals surface area contributed by atoms with Crippen LogP contribution in [0.2, 0.25) is 0 Å². The molecule has 0 atom stereocenters. The Labute approximate surface area is 285 Å². The van der Waals surface area contributed by atoms with Gasteiger partial charge in [-0.3, -0.25) is 0 Å². The Balaban J connectivity index is 1.40. The zero-order valence-corrected chi connectivity index (χ0v) is 27.6. The number of hydrogen-bond acceptors (Lipinski definition) is 3. The van der Waals surface area contributed by atoms with E-state index >= 15 is 0 Å². The summed E-state index contributed by atoms with van der Waals surface area (Å²) in [6.45, 7) is 0. The van der Waals surface area contributed by atoms with E-state index in [-0.39, 0.29) is 0 Å². The Morgan fingerprint density at radius 1 is 0.388 bits per heavy atom. The first kappa shape index (κ1) is 29.4. The van der Waals surface area contributed by atoms with Crippen LogP contribution in [-0.4, -0.2) is 25.2 Å². The highest BCUT2D eigenvalue weighted by molar-refractivity contribution is 7.20. The first-order valence-corrected chi connectivity index (χ1v) is 18.6. The molecule has 1 heterocycles. The van der Waals surface area contributed by atoms with Crippen molar-refractivity contribution in [1.82, 2.24) is 0 Å². The molecular weight excluding hydrogens is 615 g/mol. The fraction of sp³-hybridized carbons (Fsp3) is 0. The molecule has 5 heteroatoms. The van der Waals surface area contributed by atoms with Crippen molar-refractivity contribution in [3.63, 3.8) is 0 Å². The molecule has 8 aromatic carbocycles. The molecule has 0 aliphatic carbocycles. The molecular formula is C44H31BO3Si. The first-order valence-electron chi connectivity index (χ1n) is 16.6. The van der Waals surface area contributed by atoms with Crippen LogP contribution in [-0.2, 0) is 0 Å². The molecule has 0 aliphatic rings. The van der Waals surface area contributed by atoms with E-state index < -0.39 is 15.2 Å². The van der Waals surface area contributed by atoms with Crippen molar-refractivity contribution in [3.05, 3.63) is 176 Å². The summed E-state index contributed by atoms with van der Waals surface area (Å²) in [5.41, 5.74) is 4.47. The minimum absolute atomic E-state index is 0.532. The molecule has 9 rings (SSSR count). The summed E-state index contributed by atoms with van der Waals surface area (Å²) in [7, 11) is -4.52. The van der Waals surface area contributed by atoms with Crippen molar-refractivity contribution in [1.29, 1.82) is 0 Å². The minimum atomic E-state index is -2.93. The van der Waals surface area contributed by atoms with Crippen LogP contribution in [0.25, 0.3) is 54.6 Å². The Morgan fingerprint density at radius 3 is 1.49 bits per heavy atom. The Morgan fingerprint density at radius 2 is 0.878 bits per heavy atom. The van der Waals surface area contributed by atoms with E-state index in [1.165, 1.54) is 20.7 Å². The molecule has 2 N–H and O–H groups in total. The van der Waals surface area contributed by atoms with Gasteiger partial charge in [0.05, 0.1) is 0 Å². The van der Waals surface area contributed by atoms with Crippen molar-refractivity contribution in [2.24, 2.45) is 0 Å². The summed E-state index contributed by atoms with van der Waals surface area (Å²) in [5.74, 6) is 0. The van der Waals surface area contributed by atoms with Gasteiger partial charge >= 0.3 is 7.12 Å². The van der Waals surface area contributed by atoms with Crippen molar-refractivity contribution in [2.75, 3.05) is 0 Å². The molecule has 3 nitrogen and oxygen atoms in total. The van der Waals surface area contributed by atoms with Crippen molar-refractivity contribution < 1.29 is 14.5 Å². The van der Waals surface area contributed by atoms with E-state index in [2.05, 4.69) is 127 Å². The standard InChI is InChI=1S/C44H31BO3Si/c46-45(47)44-38-23-9-7-21-36(38)43(37-22-8-10-24-39(37)44)30-14-13-19-33(28-30)49(31-15-3-1-4-16-31,32-17-5-2-6-18-32)34-26-27-42-40(29-34)35-20-11-12-25-41(35)48-42/h1-29,46-47H. The summed E-state index contributed by atoms with van der Waals surface area (Å²) in [5, 5.41) is 32.2. The van der Waals surface area contributed by atoms with E-state index in [0.717, 1.165) is 54.6 Å². The third-order valence-corrected chi connectivity index (χ3v) is 14.8. The average molecular weight is 647 g/mol. The van der Waals surface area contributed by atoms with E-state index in [0.29, 0.717) is 5.46 Å². The Kier molecular flexibility index (Phi) is 7.06. The number of hydrogen-bond donors (Lipinski definition) is 2. The number of para-hydroxylation sites is 1. The molecule has 0 unspecified atom stereocenters. The van der Waals surface area contributed by atoms with Crippen LogP contribution in [0.3, 0.4) is 0 Å². The quantitative estimate of drug-likeness (QED) is 0.121. The zero-order chi connectivity index (χ0) is 33.0. The van der Waals surface area contributed by atoms with Crippen LogP contribution < -0.4 is 26.2 Å². The van der Waals surface area contributed by atoms with Crippen LogP contribution in [0.1, 0.15) is 0 Å². The summed E-state index contributed by atoms with van der Waals surface area (Å²) >= 11 is 0. The van der Waals surface area contributed by atoms with Crippen molar-refractivity contribution in [3.8, 4) is 11.1 Å². The number of furan rings is 1. The third-order valence-electron chi connectivity index (χ3n) is 10.0. The molecule has 0 fully saturated rings. The van der Waals surface area contributed by atoms with Crippen molar-refractivity contribution >= 4 is 84.9 Å². The lowest BCUT2D eigenvalue weighted by Gasteiger charge is -2.35. The van der Waals surface area contributed by atoms with Gasteiger partial charge in [-0.25, -0.2) is 0 Å². The molecule has 0 bridgehead atoms. The van der Waals surface area contributed by atoms with E-state index in [4.69, 9.17) is 4.42 Å². The predicted octanol–water partition coefficient (Wildman–Crippen LogP) is 6.62. The minimum Gasteiger partial charge on any atom is -0.456 e. The van der Waals surface area contributed by atoms with E-state index in [1.807, 2.05) is 48.5 Å². The van der Waals surface area contributed by atoms with Gasteiger partial charge in [-0.2, -0.15) is 0 Å².